The molecule has 0 saturated carbocycles. The first-order valence-corrected chi connectivity index (χ1v) is 11.4. The van der Waals surface area contributed by atoms with Crippen LogP contribution in [0.2, 0.25) is 0 Å². The average Bonchev–Trinajstić information content (AvgIpc) is 3.30. The first kappa shape index (κ1) is 20.6. The Labute approximate surface area is 189 Å². The smallest absolute Gasteiger partial charge is 0.295 e. The summed E-state index contributed by atoms with van der Waals surface area (Å²) >= 11 is 1.72. The standard InChI is InChI=1S/C23H22N4O4S/c1-14-12-32-13-19(14)16-4-7-25(8-5-16)11-15-2-3-17-18(10-15)22(30)27(21(17)29)26-9-6-20(28)24-23(26)31/h2-4,10,12-13H,5-9,11H2,1H3,(H,24,28,31). The SMILES string of the molecule is Cc1cscc1C1=CCN(Cc2ccc3c(c2)C(=O)N(N2CCC(=O)NC2=O)C3=O)CC1. The zero-order valence-electron chi connectivity index (χ0n) is 17.6. The number of hydrogen-bond donors (Lipinski definition) is 1. The van der Waals surface area contributed by atoms with Crippen LogP contribution in [0, 0.1) is 6.92 Å². The van der Waals surface area contributed by atoms with Crippen LogP contribution >= 0.6 is 11.3 Å². The van der Waals surface area contributed by atoms with Gasteiger partial charge in [-0.3, -0.25) is 24.6 Å². The maximum absolute atomic E-state index is 13.0. The summed E-state index contributed by atoms with van der Waals surface area (Å²) in [5, 5.41) is 8.36. The molecule has 0 aliphatic carbocycles. The van der Waals surface area contributed by atoms with E-state index in [1.807, 2.05) is 6.07 Å². The second-order valence-electron chi connectivity index (χ2n) is 8.21. The van der Waals surface area contributed by atoms with Gasteiger partial charge in [-0.05, 0) is 58.5 Å². The predicted molar refractivity (Wildman–Crippen MR) is 119 cm³/mol. The van der Waals surface area contributed by atoms with Crippen LogP contribution in [0.1, 0.15) is 50.2 Å². The van der Waals surface area contributed by atoms with Gasteiger partial charge in [0.1, 0.15) is 0 Å². The molecule has 5 rings (SSSR count). The van der Waals surface area contributed by atoms with Crippen molar-refractivity contribution in [3.05, 3.63) is 62.9 Å². The van der Waals surface area contributed by atoms with Gasteiger partial charge in [0.15, 0.2) is 0 Å². The number of hydrogen-bond acceptors (Lipinski definition) is 6. The van der Waals surface area contributed by atoms with Crippen molar-refractivity contribution >= 4 is 40.7 Å². The summed E-state index contributed by atoms with van der Waals surface area (Å²) in [7, 11) is 0. The van der Waals surface area contributed by atoms with E-state index in [1.54, 1.807) is 23.5 Å². The van der Waals surface area contributed by atoms with E-state index in [0.717, 1.165) is 35.1 Å². The number of urea groups is 1. The van der Waals surface area contributed by atoms with Crippen molar-refractivity contribution in [3.63, 3.8) is 0 Å². The molecule has 0 spiro atoms. The molecule has 1 aromatic heterocycles. The zero-order valence-corrected chi connectivity index (χ0v) is 18.4. The van der Waals surface area contributed by atoms with Crippen LogP contribution in [0.4, 0.5) is 4.79 Å². The maximum Gasteiger partial charge on any atom is 0.343 e. The molecule has 164 valence electrons. The van der Waals surface area contributed by atoms with E-state index in [0.29, 0.717) is 12.1 Å². The number of carbonyl (C=O) groups is 4. The summed E-state index contributed by atoms with van der Waals surface area (Å²) in [6.07, 6.45) is 3.27. The van der Waals surface area contributed by atoms with Crippen molar-refractivity contribution in [2.75, 3.05) is 19.6 Å². The van der Waals surface area contributed by atoms with Crippen LogP contribution in [0.5, 0.6) is 0 Å². The summed E-state index contributed by atoms with van der Waals surface area (Å²) in [6.45, 7) is 4.54. The van der Waals surface area contributed by atoms with Crippen LogP contribution in [0.15, 0.2) is 35.0 Å². The number of imide groups is 2. The van der Waals surface area contributed by atoms with Crippen LogP contribution in [-0.2, 0) is 11.3 Å². The number of thiophene rings is 1. The Morgan fingerprint density at radius 2 is 1.78 bits per heavy atom. The lowest BCUT2D eigenvalue weighted by atomic mass is 9.98. The average molecular weight is 451 g/mol. The van der Waals surface area contributed by atoms with Gasteiger partial charge in [-0.15, -0.1) is 0 Å². The molecule has 32 heavy (non-hydrogen) atoms. The molecule has 4 heterocycles. The third-order valence-corrected chi connectivity index (χ3v) is 6.96. The van der Waals surface area contributed by atoms with Crippen molar-refractivity contribution in [2.45, 2.75) is 26.3 Å². The Morgan fingerprint density at radius 1 is 0.969 bits per heavy atom. The van der Waals surface area contributed by atoms with Gasteiger partial charge in [-0.25, -0.2) is 9.80 Å². The fourth-order valence-electron chi connectivity index (χ4n) is 4.39. The van der Waals surface area contributed by atoms with Gasteiger partial charge >= 0.3 is 6.03 Å². The number of nitrogens with zero attached hydrogens (tertiary/aromatic N) is 3. The lowest BCUT2D eigenvalue weighted by Crippen LogP contribution is -2.58. The number of carbonyl (C=O) groups excluding carboxylic acids is 4. The first-order valence-electron chi connectivity index (χ1n) is 10.5. The molecule has 5 amide bonds. The van der Waals surface area contributed by atoms with Crippen LogP contribution in [-0.4, -0.2) is 58.3 Å². The van der Waals surface area contributed by atoms with Gasteiger partial charge in [-0.1, -0.05) is 12.1 Å². The van der Waals surface area contributed by atoms with E-state index >= 15 is 0 Å². The Kier molecular flexibility index (Phi) is 5.15. The van der Waals surface area contributed by atoms with Crippen LogP contribution in [0.25, 0.3) is 5.57 Å². The van der Waals surface area contributed by atoms with Gasteiger partial charge in [0.05, 0.1) is 17.7 Å². The highest BCUT2D eigenvalue weighted by atomic mass is 32.1. The van der Waals surface area contributed by atoms with Crippen molar-refractivity contribution in [1.29, 1.82) is 0 Å². The molecule has 0 atom stereocenters. The third-order valence-electron chi connectivity index (χ3n) is 6.10. The molecule has 9 heteroatoms. The molecule has 2 aromatic rings. The number of fused-ring (bicyclic) bond motifs is 1. The van der Waals surface area contributed by atoms with Gasteiger partial charge in [0.2, 0.25) is 5.91 Å². The van der Waals surface area contributed by atoms with Gasteiger partial charge < -0.3 is 0 Å². The van der Waals surface area contributed by atoms with E-state index in [9.17, 15) is 19.2 Å². The van der Waals surface area contributed by atoms with E-state index in [2.05, 4.69) is 34.0 Å². The molecule has 0 radical (unpaired) electrons. The summed E-state index contributed by atoms with van der Waals surface area (Å²) in [6, 6.07) is 4.49. The molecule has 1 fully saturated rings. The molecule has 1 aromatic carbocycles. The molecule has 0 unspecified atom stereocenters. The highest BCUT2D eigenvalue weighted by molar-refractivity contribution is 7.08. The lowest BCUT2D eigenvalue weighted by molar-refractivity contribution is -0.122. The summed E-state index contributed by atoms with van der Waals surface area (Å²) in [5.41, 5.74) is 5.53. The number of nitrogens with one attached hydrogen (secondary N) is 1. The second-order valence-corrected chi connectivity index (χ2v) is 8.96. The zero-order chi connectivity index (χ0) is 22.4. The molecule has 0 bridgehead atoms. The van der Waals surface area contributed by atoms with Gasteiger partial charge in [-0.2, -0.15) is 16.3 Å². The molecule has 1 saturated heterocycles. The van der Waals surface area contributed by atoms with E-state index in [-0.39, 0.29) is 18.5 Å². The molecular weight excluding hydrogens is 428 g/mol. The fraction of sp³-hybridized carbons (Fsp3) is 0.304. The predicted octanol–water partition coefficient (Wildman–Crippen LogP) is 2.80. The third kappa shape index (κ3) is 3.53. The molecule has 3 aliphatic heterocycles. The number of amides is 5. The van der Waals surface area contributed by atoms with Crippen molar-refractivity contribution < 1.29 is 19.2 Å². The summed E-state index contributed by atoms with van der Waals surface area (Å²) in [4.78, 5) is 51.6. The van der Waals surface area contributed by atoms with Gasteiger partial charge in [0.25, 0.3) is 11.8 Å². The highest BCUT2D eigenvalue weighted by Gasteiger charge is 2.43. The highest BCUT2D eigenvalue weighted by Crippen LogP contribution is 2.30. The topological polar surface area (TPSA) is 90.0 Å². The van der Waals surface area contributed by atoms with Crippen LogP contribution in [0.3, 0.4) is 0 Å². The maximum atomic E-state index is 13.0. The molecule has 8 nitrogen and oxygen atoms in total. The van der Waals surface area contributed by atoms with Crippen molar-refractivity contribution in [3.8, 4) is 0 Å². The summed E-state index contributed by atoms with van der Waals surface area (Å²) in [5.74, 6) is -1.50. The minimum Gasteiger partial charge on any atom is -0.295 e. The quantitative estimate of drug-likeness (QED) is 0.724. The molecule has 1 N–H and O–H groups in total. The minimum absolute atomic E-state index is 0.00492. The largest absolute Gasteiger partial charge is 0.343 e. The number of hydrazine groups is 1. The van der Waals surface area contributed by atoms with E-state index in [4.69, 9.17) is 0 Å². The normalized spacial score (nSPS) is 19.3. The number of aryl methyl sites for hydroxylation is 1. The summed E-state index contributed by atoms with van der Waals surface area (Å²) < 4.78 is 0. The molecule has 3 aliphatic rings. The molecular formula is C23H22N4O4S. The Balaban J connectivity index is 1.30. The van der Waals surface area contributed by atoms with Gasteiger partial charge in [0, 0.05) is 26.1 Å². The number of rotatable bonds is 4. The Morgan fingerprint density at radius 3 is 2.47 bits per heavy atom. The van der Waals surface area contributed by atoms with E-state index in [1.165, 1.54) is 16.7 Å². The van der Waals surface area contributed by atoms with E-state index < -0.39 is 23.8 Å². The monoisotopic (exact) mass is 450 g/mol. The fourth-order valence-corrected chi connectivity index (χ4v) is 5.26. The Bertz CT molecular complexity index is 1180. The number of benzene rings is 1. The lowest BCUT2D eigenvalue weighted by Gasteiger charge is -2.32. The van der Waals surface area contributed by atoms with Crippen molar-refractivity contribution in [1.82, 2.24) is 20.2 Å². The van der Waals surface area contributed by atoms with Crippen molar-refractivity contribution in [2.24, 2.45) is 0 Å². The van der Waals surface area contributed by atoms with Crippen LogP contribution < -0.4 is 5.32 Å². The second kappa shape index (κ2) is 7.99. The Hall–Kier alpha value is -3.30. The first-order chi connectivity index (χ1) is 15.4. The minimum atomic E-state index is -0.757.